The Morgan fingerprint density at radius 1 is 1.27 bits per heavy atom. The quantitative estimate of drug-likeness (QED) is 0.872. The first-order chi connectivity index (χ1) is 12.7. The first-order valence-electron chi connectivity index (χ1n) is 9.40. The average molecular weight is 358 g/mol. The molecule has 0 aliphatic carbocycles. The Labute approximate surface area is 153 Å². The standard InChI is InChI=1S/C19H26N4O3/c1-13-16(19(24)21-12-14-3-8-25-9-4-14)15-2-5-20-17(15)18(22-13)23-6-10-26-11-7-23/h2,5,14,20H,3-4,6-12H2,1H3,(H,21,24). The van der Waals surface area contributed by atoms with Crippen molar-refractivity contribution in [1.29, 1.82) is 0 Å². The van der Waals surface area contributed by atoms with Crippen LogP contribution in [0.3, 0.4) is 0 Å². The molecule has 2 aromatic rings. The van der Waals surface area contributed by atoms with E-state index in [-0.39, 0.29) is 5.91 Å². The van der Waals surface area contributed by atoms with Gasteiger partial charge in [0.05, 0.1) is 30.0 Å². The van der Waals surface area contributed by atoms with Crippen LogP contribution in [0.4, 0.5) is 5.82 Å². The molecule has 0 unspecified atom stereocenters. The Balaban J connectivity index is 1.58. The Bertz CT molecular complexity index is 776. The maximum absolute atomic E-state index is 12.9. The number of hydrogen-bond acceptors (Lipinski definition) is 5. The van der Waals surface area contributed by atoms with Crippen molar-refractivity contribution in [3.05, 3.63) is 23.5 Å². The molecule has 2 aliphatic heterocycles. The lowest BCUT2D eigenvalue weighted by molar-refractivity contribution is 0.0643. The van der Waals surface area contributed by atoms with E-state index in [0.717, 1.165) is 61.6 Å². The van der Waals surface area contributed by atoms with E-state index in [0.29, 0.717) is 31.2 Å². The molecule has 0 spiro atoms. The van der Waals surface area contributed by atoms with Gasteiger partial charge in [0.2, 0.25) is 0 Å². The molecular weight excluding hydrogens is 332 g/mol. The Morgan fingerprint density at radius 2 is 2.00 bits per heavy atom. The number of nitrogens with one attached hydrogen (secondary N) is 2. The lowest BCUT2D eigenvalue weighted by Crippen LogP contribution is -2.37. The van der Waals surface area contributed by atoms with Crippen molar-refractivity contribution in [2.45, 2.75) is 19.8 Å². The van der Waals surface area contributed by atoms with Crippen LogP contribution in [0.25, 0.3) is 10.9 Å². The molecule has 4 rings (SSSR count). The number of morpholine rings is 1. The maximum atomic E-state index is 12.9. The van der Waals surface area contributed by atoms with Crippen LogP contribution in [0.15, 0.2) is 12.3 Å². The van der Waals surface area contributed by atoms with Gasteiger partial charge in [-0.1, -0.05) is 0 Å². The number of rotatable bonds is 4. The van der Waals surface area contributed by atoms with Crippen LogP contribution in [-0.2, 0) is 9.47 Å². The van der Waals surface area contributed by atoms with Crippen molar-refractivity contribution in [3.8, 4) is 0 Å². The number of anilines is 1. The summed E-state index contributed by atoms with van der Waals surface area (Å²) in [5.41, 5.74) is 2.36. The minimum Gasteiger partial charge on any atom is -0.381 e. The smallest absolute Gasteiger partial charge is 0.253 e. The first kappa shape index (κ1) is 17.3. The topological polar surface area (TPSA) is 79.5 Å². The molecule has 26 heavy (non-hydrogen) atoms. The molecule has 7 heteroatoms. The molecule has 2 fully saturated rings. The molecule has 140 valence electrons. The summed E-state index contributed by atoms with van der Waals surface area (Å²) in [4.78, 5) is 23.1. The highest BCUT2D eigenvalue weighted by Crippen LogP contribution is 2.29. The van der Waals surface area contributed by atoms with Gasteiger partial charge in [-0.05, 0) is 31.7 Å². The van der Waals surface area contributed by atoms with Gasteiger partial charge in [-0.3, -0.25) is 4.79 Å². The molecule has 0 aromatic carbocycles. The van der Waals surface area contributed by atoms with Gasteiger partial charge in [0.15, 0.2) is 5.82 Å². The minimum absolute atomic E-state index is 0.0420. The second-order valence-corrected chi connectivity index (χ2v) is 7.03. The van der Waals surface area contributed by atoms with Crippen molar-refractivity contribution in [3.63, 3.8) is 0 Å². The van der Waals surface area contributed by atoms with E-state index in [4.69, 9.17) is 14.5 Å². The lowest BCUT2D eigenvalue weighted by atomic mass is 10.00. The third-order valence-corrected chi connectivity index (χ3v) is 5.31. The van der Waals surface area contributed by atoms with Crippen LogP contribution >= 0.6 is 0 Å². The number of ether oxygens (including phenoxy) is 2. The van der Waals surface area contributed by atoms with Crippen LogP contribution in [0.1, 0.15) is 28.9 Å². The zero-order valence-corrected chi connectivity index (χ0v) is 15.2. The molecule has 4 heterocycles. The van der Waals surface area contributed by atoms with Crippen LogP contribution in [0, 0.1) is 12.8 Å². The van der Waals surface area contributed by atoms with Crippen molar-refractivity contribution >= 4 is 22.6 Å². The lowest BCUT2D eigenvalue weighted by Gasteiger charge is -2.29. The summed E-state index contributed by atoms with van der Waals surface area (Å²) in [5.74, 6) is 1.36. The van der Waals surface area contributed by atoms with Crippen molar-refractivity contribution in [2.24, 2.45) is 5.92 Å². The van der Waals surface area contributed by atoms with Crippen LogP contribution in [0.2, 0.25) is 0 Å². The zero-order valence-electron chi connectivity index (χ0n) is 15.2. The molecule has 0 atom stereocenters. The third-order valence-electron chi connectivity index (χ3n) is 5.31. The summed E-state index contributed by atoms with van der Waals surface area (Å²) in [6, 6.07) is 1.97. The number of aryl methyl sites for hydroxylation is 1. The monoisotopic (exact) mass is 358 g/mol. The fourth-order valence-electron chi connectivity index (χ4n) is 3.79. The highest BCUT2D eigenvalue weighted by atomic mass is 16.5. The zero-order chi connectivity index (χ0) is 17.9. The van der Waals surface area contributed by atoms with Gasteiger partial charge in [0.25, 0.3) is 5.91 Å². The molecule has 1 amide bonds. The number of amides is 1. The predicted molar refractivity (Wildman–Crippen MR) is 99.7 cm³/mol. The van der Waals surface area contributed by atoms with Crippen molar-refractivity contribution in [1.82, 2.24) is 15.3 Å². The van der Waals surface area contributed by atoms with Crippen LogP contribution in [-0.4, -0.2) is 61.9 Å². The van der Waals surface area contributed by atoms with Gasteiger partial charge < -0.3 is 24.7 Å². The largest absolute Gasteiger partial charge is 0.381 e. The highest BCUT2D eigenvalue weighted by Gasteiger charge is 2.23. The summed E-state index contributed by atoms with van der Waals surface area (Å²) >= 11 is 0. The summed E-state index contributed by atoms with van der Waals surface area (Å²) < 4.78 is 10.8. The molecule has 0 bridgehead atoms. The summed E-state index contributed by atoms with van der Waals surface area (Å²) in [5, 5.41) is 4.04. The second-order valence-electron chi connectivity index (χ2n) is 7.03. The minimum atomic E-state index is -0.0420. The van der Waals surface area contributed by atoms with Gasteiger partial charge in [-0.2, -0.15) is 0 Å². The number of H-pyrrole nitrogens is 1. The molecule has 0 radical (unpaired) electrons. The van der Waals surface area contributed by atoms with Gasteiger partial charge >= 0.3 is 0 Å². The Kier molecular flexibility index (Phi) is 5.08. The van der Waals surface area contributed by atoms with Crippen LogP contribution in [0.5, 0.6) is 0 Å². The van der Waals surface area contributed by atoms with Crippen LogP contribution < -0.4 is 10.2 Å². The van der Waals surface area contributed by atoms with Gasteiger partial charge in [-0.25, -0.2) is 4.98 Å². The van der Waals surface area contributed by atoms with Crippen molar-refractivity contribution < 1.29 is 14.3 Å². The number of aromatic nitrogens is 2. The predicted octanol–water partition coefficient (Wildman–Crippen LogP) is 1.86. The van der Waals surface area contributed by atoms with E-state index in [9.17, 15) is 4.79 Å². The third kappa shape index (κ3) is 3.41. The fraction of sp³-hybridized carbons (Fsp3) is 0.579. The van der Waals surface area contributed by atoms with E-state index in [1.807, 2.05) is 19.2 Å². The molecule has 0 saturated carbocycles. The number of carbonyl (C=O) groups excluding carboxylic acids is 1. The SMILES string of the molecule is Cc1nc(N2CCOCC2)c2[nH]ccc2c1C(=O)NCC1CCOCC1. The number of carbonyl (C=O) groups is 1. The van der Waals surface area contributed by atoms with E-state index < -0.39 is 0 Å². The molecule has 2 saturated heterocycles. The molecule has 7 nitrogen and oxygen atoms in total. The second kappa shape index (κ2) is 7.63. The number of nitrogens with zero attached hydrogens (tertiary/aromatic N) is 2. The maximum Gasteiger partial charge on any atom is 0.253 e. The number of fused-ring (bicyclic) bond motifs is 1. The van der Waals surface area contributed by atoms with Gasteiger partial charge in [0.1, 0.15) is 0 Å². The Morgan fingerprint density at radius 3 is 2.77 bits per heavy atom. The molecule has 2 N–H and O–H groups in total. The average Bonchev–Trinajstić information content (AvgIpc) is 3.16. The number of pyridine rings is 1. The highest BCUT2D eigenvalue weighted by molar-refractivity contribution is 6.09. The number of hydrogen-bond donors (Lipinski definition) is 2. The molecule has 2 aliphatic rings. The fourth-order valence-corrected chi connectivity index (χ4v) is 3.79. The molecular formula is C19H26N4O3. The van der Waals surface area contributed by atoms with Crippen molar-refractivity contribution in [2.75, 3.05) is 51.0 Å². The molecule has 2 aromatic heterocycles. The summed E-state index contributed by atoms with van der Waals surface area (Å²) in [7, 11) is 0. The number of aromatic amines is 1. The van der Waals surface area contributed by atoms with E-state index in [1.54, 1.807) is 0 Å². The Hall–Kier alpha value is -2.12. The van der Waals surface area contributed by atoms with Gasteiger partial charge in [-0.15, -0.1) is 0 Å². The van der Waals surface area contributed by atoms with E-state index >= 15 is 0 Å². The van der Waals surface area contributed by atoms with E-state index in [2.05, 4.69) is 15.2 Å². The normalized spacial score (nSPS) is 19.0. The summed E-state index contributed by atoms with van der Waals surface area (Å²) in [6.45, 7) is 7.23. The summed E-state index contributed by atoms with van der Waals surface area (Å²) in [6.07, 6.45) is 3.89. The first-order valence-corrected chi connectivity index (χ1v) is 9.40. The van der Waals surface area contributed by atoms with E-state index in [1.165, 1.54) is 0 Å². The van der Waals surface area contributed by atoms with Gasteiger partial charge in [0, 0.05) is 44.4 Å².